The van der Waals surface area contributed by atoms with Crippen LogP contribution in [0.15, 0.2) is 90.0 Å². The van der Waals surface area contributed by atoms with E-state index in [4.69, 9.17) is 28.9 Å². The van der Waals surface area contributed by atoms with Gasteiger partial charge in [0.15, 0.2) is 5.78 Å². The molecule has 1 amide bonds. The van der Waals surface area contributed by atoms with E-state index >= 15 is 0 Å². The summed E-state index contributed by atoms with van der Waals surface area (Å²) in [4.78, 5) is 28.3. The molecule has 3 aromatic rings. The van der Waals surface area contributed by atoms with Gasteiger partial charge in [0.25, 0.3) is 0 Å². The highest BCUT2D eigenvalue weighted by atomic mass is 35.5. The van der Waals surface area contributed by atoms with Crippen molar-refractivity contribution in [2.75, 3.05) is 13.1 Å². The first-order valence-electron chi connectivity index (χ1n) is 11.0. The quantitative estimate of drug-likeness (QED) is 0.484. The summed E-state index contributed by atoms with van der Waals surface area (Å²) in [7, 11) is 0. The number of halogens is 2. The van der Waals surface area contributed by atoms with Gasteiger partial charge in [-0.15, -0.1) is 0 Å². The first kappa shape index (κ1) is 24.0. The van der Waals surface area contributed by atoms with Gasteiger partial charge in [-0.1, -0.05) is 89.9 Å². The molecule has 0 spiro atoms. The summed E-state index contributed by atoms with van der Waals surface area (Å²) >= 11 is 12.7. The molecule has 1 saturated heterocycles. The number of benzene rings is 3. The van der Waals surface area contributed by atoms with Crippen LogP contribution in [0.4, 0.5) is 0 Å². The molecule has 0 aromatic heterocycles. The summed E-state index contributed by atoms with van der Waals surface area (Å²) in [5, 5.41) is 1.06. The summed E-state index contributed by atoms with van der Waals surface area (Å²) in [6.07, 6.45) is 3.90. The van der Waals surface area contributed by atoms with Gasteiger partial charge in [-0.2, -0.15) is 0 Å². The van der Waals surface area contributed by atoms with Gasteiger partial charge in [0.2, 0.25) is 5.91 Å². The highest BCUT2D eigenvalue weighted by Crippen LogP contribution is 2.27. The van der Waals surface area contributed by atoms with Gasteiger partial charge in [0.1, 0.15) is 0 Å². The molecule has 4 rings (SSSR count). The van der Waals surface area contributed by atoms with E-state index in [0.717, 1.165) is 5.56 Å². The molecule has 6 heteroatoms. The Balaban J connectivity index is 1.68. The molecule has 0 bridgehead atoms. The zero-order valence-corrected chi connectivity index (χ0v) is 20.0. The second-order valence-electron chi connectivity index (χ2n) is 8.20. The van der Waals surface area contributed by atoms with Gasteiger partial charge in [-0.25, -0.2) is 0 Å². The minimum atomic E-state index is -0.723. The number of nitrogens with two attached hydrogens (primary N) is 1. The lowest BCUT2D eigenvalue weighted by molar-refractivity contribution is -0.132. The van der Waals surface area contributed by atoms with E-state index in [2.05, 4.69) is 0 Å². The Morgan fingerprint density at radius 2 is 1.29 bits per heavy atom. The van der Waals surface area contributed by atoms with E-state index in [1.807, 2.05) is 66.7 Å². The van der Waals surface area contributed by atoms with Crippen LogP contribution in [-0.2, 0) is 16.0 Å². The minimum absolute atomic E-state index is 0.138. The Morgan fingerprint density at radius 1 is 0.824 bits per heavy atom. The zero-order chi connectivity index (χ0) is 24.1. The van der Waals surface area contributed by atoms with Crippen LogP contribution in [0.3, 0.4) is 0 Å². The predicted octanol–water partition coefficient (Wildman–Crippen LogP) is 5.44. The van der Waals surface area contributed by atoms with Crippen molar-refractivity contribution >= 4 is 47.0 Å². The molecule has 1 heterocycles. The van der Waals surface area contributed by atoms with Crippen LogP contribution in [0.2, 0.25) is 10.0 Å². The number of ketones is 1. The molecule has 4 nitrogen and oxygen atoms in total. The smallest absolute Gasteiger partial charge is 0.240 e. The third-order valence-corrected chi connectivity index (χ3v) is 6.39. The van der Waals surface area contributed by atoms with Crippen molar-refractivity contribution in [3.05, 3.63) is 117 Å². The number of Topliss-reactive ketones (excluding diaryl/α,β-unsaturated/α-hetero) is 1. The molecule has 0 radical (unpaired) electrons. The van der Waals surface area contributed by atoms with Gasteiger partial charge in [-0.3, -0.25) is 9.59 Å². The molecule has 34 heavy (non-hydrogen) atoms. The number of carbonyl (C=O) groups is 2. The number of carbonyl (C=O) groups excluding carboxylic acids is 2. The maximum absolute atomic E-state index is 13.4. The average Bonchev–Trinajstić information content (AvgIpc) is 2.84. The van der Waals surface area contributed by atoms with Crippen molar-refractivity contribution < 1.29 is 9.59 Å². The maximum Gasteiger partial charge on any atom is 0.240 e. The van der Waals surface area contributed by atoms with Crippen molar-refractivity contribution in [1.82, 2.24) is 4.90 Å². The second-order valence-corrected chi connectivity index (χ2v) is 9.02. The van der Waals surface area contributed by atoms with E-state index in [-0.39, 0.29) is 24.8 Å². The average molecular weight is 491 g/mol. The number of likely N-dealkylation sites (tertiary alicyclic amines) is 1. The van der Waals surface area contributed by atoms with Crippen LogP contribution < -0.4 is 5.73 Å². The monoisotopic (exact) mass is 490 g/mol. The van der Waals surface area contributed by atoms with Crippen LogP contribution in [0, 0.1) is 0 Å². The third-order valence-electron chi connectivity index (χ3n) is 5.70. The van der Waals surface area contributed by atoms with E-state index in [9.17, 15) is 9.59 Å². The fourth-order valence-corrected chi connectivity index (χ4v) is 4.33. The fraction of sp³-hybridized carbons (Fsp3) is 0.143. The van der Waals surface area contributed by atoms with Gasteiger partial charge >= 0.3 is 0 Å². The first-order valence-corrected chi connectivity index (χ1v) is 11.7. The highest BCUT2D eigenvalue weighted by Gasteiger charge is 2.31. The standard InChI is InChI=1S/C28H24Cl2N2O2/c29-24-12-6-4-10-20(24)15-22-17-32(28(34)26(31)14-19-8-2-1-3-9-19)18-23(27(22)33)16-21-11-5-7-13-25(21)30/h1-13,15-16,26H,14,17-18,31H2. The molecule has 0 aliphatic carbocycles. The topological polar surface area (TPSA) is 63.4 Å². The third kappa shape index (κ3) is 5.65. The van der Waals surface area contributed by atoms with E-state index in [0.29, 0.717) is 38.7 Å². The van der Waals surface area contributed by atoms with E-state index < -0.39 is 6.04 Å². The van der Waals surface area contributed by atoms with Crippen molar-refractivity contribution in [3.8, 4) is 0 Å². The Kier molecular flexibility index (Phi) is 7.63. The minimum Gasteiger partial charge on any atom is -0.332 e. The fourth-order valence-electron chi connectivity index (χ4n) is 3.94. The Bertz CT molecular complexity index is 1200. The molecule has 0 saturated carbocycles. The summed E-state index contributed by atoms with van der Waals surface area (Å²) in [5.74, 6) is -0.355. The lowest BCUT2D eigenvalue weighted by Crippen LogP contribution is -2.49. The molecular formula is C28H24Cl2N2O2. The number of amides is 1. The lowest BCUT2D eigenvalue weighted by Gasteiger charge is -2.32. The predicted molar refractivity (Wildman–Crippen MR) is 139 cm³/mol. The van der Waals surface area contributed by atoms with E-state index in [1.54, 1.807) is 29.2 Å². The van der Waals surface area contributed by atoms with Gasteiger partial charge in [-0.05, 0) is 47.4 Å². The Hall–Kier alpha value is -3.18. The molecule has 1 unspecified atom stereocenters. The number of hydrogen-bond donors (Lipinski definition) is 1. The highest BCUT2D eigenvalue weighted by molar-refractivity contribution is 6.33. The number of rotatable bonds is 5. The summed E-state index contributed by atoms with van der Waals surface area (Å²) in [6.45, 7) is 0.316. The Morgan fingerprint density at radius 3 is 1.79 bits per heavy atom. The molecular weight excluding hydrogens is 467 g/mol. The normalized spacial score (nSPS) is 17.3. The number of hydrogen-bond acceptors (Lipinski definition) is 3. The second kappa shape index (κ2) is 10.8. The zero-order valence-electron chi connectivity index (χ0n) is 18.5. The molecule has 1 aliphatic rings. The largest absolute Gasteiger partial charge is 0.332 e. The van der Waals surface area contributed by atoms with Crippen molar-refractivity contribution in [2.24, 2.45) is 5.73 Å². The van der Waals surface area contributed by atoms with Crippen LogP contribution >= 0.6 is 23.2 Å². The van der Waals surface area contributed by atoms with E-state index in [1.165, 1.54) is 0 Å². The van der Waals surface area contributed by atoms with Crippen LogP contribution in [-0.4, -0.2) is 35.7 Å². The molecule has 1 fully saturated rings. The lowest BCUT2D eigenvalue weighted by atomic mass is 9.93. The van der Waals surface area contributed by atoms with Crippen LogP contribution in [0.5, 0.6) is 0 Å². The van der Waals surface area contributed by atoms with Gasteiger partial charge in [0, 0.05) is 34.3 Å². The molecule has 1 aliphatic heterocycles. The van der Waals surface area contributed by atoms with Crippen molar-refractivity contribution in [2.45, 2.75) is 12.5 Å². The number of nitrogens with zero attached hydrogens (tertiary/aromatic N) is 1. The van der Waals surface area contributed by atoms with Crippen molar-refractivity contribution in [3.63, 3.8) is 0 Å². The van der Waals surface area contributed by atoms with Crippen LogP contribution in [0.25, 0.3) is 12.2 Å². The number of piperidine rings is 1. The van der Waals surface area contributed by atoms with Crippen molar-refractivity contribution in [1.29, 1.82) is 0 Å². The van der Waals surface area contributed by atoms with Gasteiger partial charge < -0.3 is 10.6 Å². The van der Waals surface area contributed by atoms with Gasteiger partial charge in [0.05, 0.1) is 6.04 Å². The summed E-state index contributed by atoms with van der Waals surface area (Å²) in [5.41, 5.74) is 9.65. The summed E-state index contributed by atoms with van der Waals surface area (Å²) in [6, 6.07) is 23.5. The maximum atomic E-state index is 13.4. The summed E-state index contributed by atoms with van der Waals surface area (Å²) < 4.78 is 0. The first-order chi connectivity index (χ1) is 16.4. The molecule has 3 aromatic carbocycles. The molecule has 2 N–H and O–H groups in total. The Labute approximate surface area is 209 Å². The molecule has 1 atom stereocenters. The van der Waals surface area contributed by atoms with Crippen LogP contribution in [0.1, 0.15) is 16.7 Å². The SMILES string of the molecule is NC(Cc1ccccc1)C(=O)N1CC(=Cc2ccccc2Cl)C(=O)C(=Cc2ccccc2Cl)C1. The molecule has 172 valence electrons.